The van der Waals surface area contributed by atoms with Crippen molar-refractivity contribution in [2.75, 3.05) is 6.61 Å². The van der Waals surface area contributed by atoms with Gasteiger partial charge >= 0.3 is 0 Å². The van der Waals surface area contributed by atoms with Gasteiger partial charge < -0.3 is 15.5 Å². The monoisotopic (exact) mass is 1030 g/mol. The fraction of sp³-hybridized carbons (Fsp3) is 0.786. The molecule has 0 aromatic carbocycles. The Morgan fingerprint density at radius 2 is 0.595 bits per heavy atom. The second kappa shape index (κ2) is 64.9. The predicted molar refractivity (Wildman–Crippen MR) is 331 cm³/mol. The van der Waals surface area contributed by atoms with E-state index in [1.54, 1.807) is 0 Å². The van der Waals surface area contributed by atoms with Crippen LogP contribution in [0.1, 0.15) is 335 Å². The fourth-order valence-corrected chi connectivity index (χ4v) is 9.99. The molecule has 0 saturated heterocycles. The number of hydrogen-bond acceptors (Lipinski definition) is 3. The number of carbonyl (C=O) groups excluding carboxylic acids is 1. The lowest BCUT2D eigenvalue weighted by Gasteiger charge is -2.22. The summed E-state index contributed by atoms with van der Waals surface area (Å²) in [5.41, 5.74) is 0. The molecule has 2 unspecified atom stereocenters. The third-order valence-electron chi connectivity index (χ3n) is 14.9. The Morgan fingerprint density at radius 1 is 0.338 bits per heavy atom. The zero-order valence-electron chi connectivity index (χ0n) is 49.6. The van der Waals surface area contributed by atoms with Gasteiger partial charge in [-0.1, -0.05) is 343 Å². The van der Waals surface area contributed by atoms with Crippen LogP contribution in [0.3, 0.4) is 0 Å². The van der Waals surface area contributed by atoms with E-state index in [9.17, 15) is 15.0 Å². The van der Waals surface area contributed by atoms with Crippen LogP contribution in [0.5, 0.6) is 0 Å². The number of carbonyl (C=O) groups is 1. The average Bonchev–Trinajstić information content (AvgIpc) is 3.40. The molecule has 4 heteroatoms. The summed E-state index contributed by atoms with van der Waals surface area (Å²) in [7, 11) is 0. The average molecular weight is 1030 g/mol. The molecule has 3 N–H and O–H groups in total. The van der Waals surface area contributed by atoms with Crippen molar-refractivity contribution in [3.63, 3.8) is 0 Å². The molecule has 0 aromatic heterocycles. The van der Waals surface area contributed by atoms with Crippen LogP contribution in [0.4, 0.5) is 0 Å². The largest absolute Gasteiger partial charge is 0.394 e. The van der Waals surface area contributed by atoms with Crippen LogP contribution >= 0.6 is 0 Å². The highest BCUT2D eigenvalue weighted by atomic mass is 16.3. The highest BCUT2D eigenvalue weighted by Gasteiger charge is 2.20. The van der Waals surface area contributed by atoms with E-state index < -0.39 is 12.1 Å². The Labute approximate surface area is 462 Å². The van der Waals surface area contributed by atoms with Crippen molar-refractivity contribution < 1.29 is 15.0 Å². The van der Waals surface area contributed by atoms with E-state index in [0.29, 0.717) is 12.8 Å². The first kappa shape index (κ1) is 71.6. The van der Waals surface area contributed by atoms with E-state index >= 15 is 0 Å². The molecule has 0 radical (unpaired) electrons. The van der Waals surface area contributed by atoms with Crippen LogP contribution in [0.25, 0.3) is 0 Å². The number of aliphatic hydroxyl groups is 2. The lowest BCUT2D eigenvalue weighted by molar-refractivity contribution is -0.123. The quantitative estimate of drug-likeness (QED) is 0.0420. The van der Waals surface area contributed by atoms with Crippen LogP contribution < -0.4 is 5.32 Å². The van der Waals surface area contributed by atoms with Crippen LogP contribution in [0.2, 0.25) is 0 Å². The smallest absolute Gasteiger partial charge is 0.220 e. The molecule has 4 nitrogen and oxygen atoms in total. The van der Waals surface area contributed by atoms with Gasteiger partial charge in [0.1, 0.15) is 0 Å². The van der Waals surface area contributed by atoms with E-state index in [4.69, 9.17) is 0 Å². The molecule has 0 aromatic rings. The van der Waals surface area contributed by atoms with Crippen LogP contribution in [0.15, 0.2) is 85.1 Å². The number of unbranched alkanes of at least 4 members (excludes halogenated alkanes) is 39. The second-order valence-corrected chi connectivity index (χ2v) is 22.2. The SMILES string of the molecule is CC/C=C\C/C=C\C/C=C\C/C=C\C/C=C\C/C=C\C/C=C\CCCCCCCCCCCC(=O)NC(CO)C(O)CCCCCCCCCCCCCCCCCCCCCCCCCCCCCCCCC. The summed E-state index contributed by atoms with van der Waals surface area (Å²) < 4.78 is 0. The number of amides is 1. The zero-order valence-corrected chi connectivity index (χ0v) is 49.6. The topological polar surface area (TPSA) is 69.6 Å². The Bertz CT molecular complexity index is 1310. The van der Waals surface area contributed by atoms with Gasteiger partial charge in [-0.25, -0.2) is 0 Å². The minimum Gasteiger partial charge on any atom is -0.394 e. The maximum absolute atomic E-state index is 12.5. The van der Waals surface area contributed by atoms with Crippen molar-refractivity contribution in [2.45, 2.75) is 347 Å². The zero-order chi connectivity index (χ0) is 53.4. The Hall–Kier alpha value is -2.43. The first-order chi connectivity index (χ1) is 36.7. The minimum absolute atomic E-state index is 0.0367. The van der Waals surface area contributed by atoms with Crippen LogP contribution in [-0.4, -0.2) is 34.9 Å². The number of allylic oxidation sites excluding steroid dienone is 14. The van der Waals surface area contributed by atoms with E-state index in [2.05, 4.69) is 104 Å². The summed E-state index contributed by atoms with van der Waals surface area (Å²) >= 11 is 0. The van der Waals surface area contributed by atoms with Gasteiger partial charge in [0.15, 0.2) is 0 Å². The molecule has 0 heterocycles. The maximum Gasteiger partial charge on any atom is 0.220 e. The number of nitrogens with one attached hydrogen (secondary N) is 1. The molecular weight excluding hydrogens is 903 g/mol. The molecule has 0 aliphatic heterocycles. The summed E-state index contributed by atoms with van der Waals surface area (Å²) in [5, 5.41) is 23.4. The predicted octanol–water partition coefficient (Wildman–Crippen LogP) is 22.3. The Kier molecular flexibility index (Phi) is 62.7. The van der Waals surface area contributed by atoms with Crippen molar-refractivity contribution in [1.29, 1.82) is 0 Å². The summed E-state index contributed by atoms with van der Waals surface area (Å²) in [6, 6.07) is -0.547. The summed E-state index contributed by atoms with van der Waals surface area (Å²) in [5.74, 6) is -0.0367. The highest BCUT2D eigenvalue weighted by molar-refractivity contribution is 5.76. The van der Waals surface area contributed by atoms with Gasteiger partial charge in [-0.05, 0) is 70.6 Å². The van der Waals surface area contributed by atoms with Gasteiger partial charge in [0.2, 0.25) is 5.91 Å². The molecule has 74 heavy (non-hydrogen) atoms. The lowest BCUT2D eigenvalue weighted by Crippen LogP contribution is -2.45. The van der Waals surface area contributed by atoms with Crippen molar-refractivity contribution >= 4 is 5.91 Å². The second-order valence-electron chi connectivity index (χ2n) is 22.2. The molecule has 2 atom stereocenters. The first-order valence-electron chi connectivity index (χ1n) is 32.8. The van der Waals surface area contributed by atoms with Crippen molar-refractivity contribution in [3.05, 3.63) is 85.1 Å². The minimum atomic E-state index is -0.669. The van der Waals surface area contributed by atoms with Gasteiger partial charge in [-0.2, -0.15) is 0 Å². The van der Waals surface area contributed by atoms with Crippen molar-refractivity contribution in [3.8, 4) is 0 Å². The van der Waals surface area contributed by atoms with Crippen molar-refractivity contribution in [2.24, 2.45) is 0 Å². The third kappa shape index (κ3) is 60.4. The van der Waals surface area contributed by atoms with E-state index in [1.807, 2.05) is 0 Å². The Morgan fingerprint density at radius 3 is 0.892 bits per heavy atom. The molecule has 430 valence electrons. The number of aliphatic hydroxyl groups excluding tert-OH is 2. The number of hydrogen-bond donors (Lipinski definition) is 3. The van der Waals surface area contributed by atoms with Gasteiger partial charge in [-0.15, -0.1) is 0 Å². The molecule has 0 aliphatic carbocycles. The molecule has 1 amide bonds. The molecule has 0 fully saturated rings. The third-order valence-corrected chi connectivity index (χ3v) is 14.9. The van der Waals surface area contributed by atoms with Gasteiger partial charge in [0.05, 0.1) is 18.8 Å². The van der Waals surface area contributed by atoms with Gasteiger partial charge in [0.25, 0.3) is 0 Å². The Balaban J connectivity index is 3.48. The first-order valence-corrected chi connectivity index (χ1v) is 32.8. The molecule has 0 saturated carbocycles. The van der Waals surface area contributed by atoms with Crippen LogP contribution in [0, 0.1) is 0 Å². The van der Waals surface area contributed by atoms with E-state index in [0.717, 1.165) is 70.6 Å². The van der Waals surface area contributed by atoms with Crippen molar-refractivity contribution in [1.82, 2.24) is 5.32 Å². The van der Waals surface area contributed by atoms with Gasteiger partial charge in [0, 0.05) is 6.42 Å². The molecule has 0 spiro atoms. The summed E-state index contributed by atoms with van der Waals surface area (Å²) in [4.78, 5) is 12.5. The summed E-state index contributed by atoms with van der Waals surface area (Å²) in [6.07, 6.45) is 94.7. The fourth-order valence-electron chi connectivity index (χ4n) is 9.99. The molecule has 0 aliphatic rings. The molecule has 0 rings (SSSR count). The normalized spacial score (nSPS) is 13.3. The van der Waals surface area contributed by atoms with E-state index in [1.165, 1.54) is 238 Å². The molecule has 0 bridgehead atoms. The van der Waals surface area contributed by atoms with E-state index in [-0.39, 0.29) is 12.5 Å². The van der Waals surface area contributed by atoms with Crippen LogP contribution in [-0.2, 0) is 4.79 Å². The summed E-state index contributed by atoms with van der Waals surface area (Å²) in [6.45, 7) is 4.27. The maximum atomic E-state index is 12.5. The standard InChI is InChI=1S/C70H127NO3/c1-3-5-7-9-11-13-15-17-19-21-23-25-27-29-31-33-35-37-39-41-43-45-47-49-51-53-55-57-59-61-63-65-69(73)68(67-72)71-70(74)66-64-62-60-58-56-54-52-50-48-46-44-42-40-38-36-34-32-30-28-26-24-22-20-18-16-14-12-10-8-6-4-2/h6,8,12,14,18,20,24,26,30,32,36,38,42,44,68-69,72-73H,3-5,7,9-11,13,15-17,19,21-23,25,27-29,31,33-35,37,39-41,43,45-67H2,1-2H3,(H,71,74)/b8-6-,14-12-,20-18-,26-24-,32-30-,38-36-,44-42-. The molecular formula is C70H127NO3. The number of rotatable bonds is 60. The lowest BCUT2D eigenvalue weighted by atomic mass is 10.0. The van der Waals surface area contributed by atoms with Gasteiger partial charge in [-0.3, -0.25) is 4.79 Å². The highest BCUT2D eigenvalue weighted by Crippen LogP contribution is 2.18.